The molecule has 4 aromatic rings. The van der Waals surface area contributed by atoms with Gasteiger partial charge in [0.1, 0.15) is 5.82 Å². The third-order valence-corrected chi connectivity index (χ3v) is 4.07. The minimum atomic E-state index is -0.414. The molecule has 0 aliphatic carbocycles. The molecule has 0 aliphatic heterocycles. The van der Waals surface area contributed by atoms with Gasteiger partial charge in [-0.25, -0.2) is 4.98 Å². The van der Waals surface area contributed by atoms with E-state index >= 15 is 0 Å². The molecule has 0 fully saturated rings. The van der Waals surface area contributed by atoms with Crippen LogP contribution < -0.4 is 11.1 Å². The summed E-state index contributed by atoms with van der Waals surface area (Å²) >= 11 is 0. The average Bonchev–Trinajstić information content (AvgIpc) is 3.00. The number of hydrogen-bond acceptors (Lipinski definition) is 3. The van der Waals surface area contributed by atoms with E-state index in [4.69, 9.17) is 11.1 Å². The van der Waals surface area contributed by atoms with Crippen molar-refractivity contribution in [3.05, 3.63) is 72.6 Å². The summed E-state index contributed by atoms with van der Waals surface area (Å²) in [5.74, 6) is -0.0781. The molecule has 2 aromatic carbocycles. The highest BCUT2D eigenvalue weighted by Crippen LogP contribution is 2.25. The van der Waals surface area contributed by atoms with Crippen molar-refractivity contribution in [3.63, 3.8) is 0 Å². The van der Waals surface area contributed by atoms with Crippen LogP contribution in [-0.2, 0) is 0 Å². The van der Waals surface area contributed by atoms with E-state index in [9.17, 15) is 4.79 Å². The number of nitrogens with two attached hydrogens (primary N) is 1. The van der Waals surface area contributed by atoms with Gasteiger partial charge < -0.3 is 10.3 Å². The maximum absolute atomic E-state index is 12.4. The maximum atomic E-state index is 12.4. The fraction of sp³-hybridized carbons (Fsp3) is 0. The van der Waals surface area contributed by atoms with Crippen LogP contribution in [0.1, 0.15) is 10.4 Å². The van der Waals surface area contributed by atoms with E-state index in [-0.39, 0.29) is 5.96 Å². The van der Waals surface area contributed by atoms with E-state index in [0.717, 1.165) is 27.5 Å². The van der Waals surface area contributed by atoms with E-state index in [1.54, 1.807) is 6.20 Å². The summed E-state index contributed by atoms with van der Waals surface area (Å²) in [6.45, 7) is 0. The third-order valence-electron chi connectivity index (χ3n) is 4.07. The number of rotatable bonds is 2. The average molecular weight is 329 g/mol. The summed E-state index contributed by atoms with van der Waals surface area (Å²) in [4.78, 5) is 16.9. The molecule has 25 heavy (non-hydrogen) atoms. The summed E-state index contributed by atoms with van der Waals surface area (Å²) < 4.78 is 1.87. The summed E-state index contributed by atoms with van der Waals surface area (Å²) in [5.41, 5.74) is 6.59. The van der Waals surface area contributed by atoms with Crippen LogP contribution >= 0.6 is 0 Å². The number of carbonyl (C=O) groups excluding carboxylic acids is 1. The lowest BCUT2D eigenvalue weighted by Gasteiger charge is -2.05. The lowest BCUT2D eigenvalue weighted by molar-refractivity contribution is 0.0978. The molecule has 6 nitrogen and oxygen atoms in total. The fourth-order valence-electron chi connectivity index (χ4n) is 2.94. The third kappa shape index (κ3) is 2.59. The number of pyridine rings is 1. The molecule has 122 valence electrons. The van der Waals surface area contributed by atoms with Gasteiger partial charge in [0.05, 0.1) is 11.1 Å². The number of nitrogens with zero attached hydrogens (tertiary/aromatic N) is 2. The smallest absolute Gasteiger partial charge is 0.260 e. The zero-order valence-corrected chi connectivity index (χ0v) is 13.2. The first-order valence-corrected chi connectivity index (χ1v) is 7.74. The van der Waals surface area contributed by atoms with Crippen molar-refractivity contribution < 1.29 is 4.79 Å². The van der Waals surface area contributed by atoms with Crippen molar-refractivity contribution in [1.29, 1.82) is 5.41 Å². The van der Waals surface area contributed by atoms with E-state index in [1.807, 2.05) is 65.4 Å². The molecule has 0 unspecified atom stereocenters. The lowest BCUT2D eigenvalue weighted by atomic mass is 10.1. The van der Waals surface area contributed by atoms with Gasteiger partial charge in [-0.05, 0) is 17.5 Å². The monoisotopic (exact) mass is 329 g/mol. The molecule has 0 saturated heterocycles. The molecule has 4 rings (SSSR count). The van der Waals surface area contributed by atoms with Crippen LogP contribution in [0.2, 0.25) is 0 Å². The van der Waals surface area contributed by atoms with Crippen molar-refractivity contribution in [2.24, 2.45) is 5.73 Å². The van der Waals surface area contributed by atoms with Crippen LogP contribution in [0.5, 0.6) is 0 Å². The van der Waals surface area contributed by atoms with Gasteiger partial charge in [0.15, 0.2) is 5.96 Å². The zero-order chi connectivity index (χ0) is 17.4. The van der Waals surface area contributed by atoms with Gasteiger partial charge in [0.2, 0.25) is 0 Å². The highest BCUT2D eigenvalue weighted by molar-refractivity contribution is 6.12. The highest BCUT2D eigenvalue weighted by Gasteiger charge is 2.16. The molecule has 0 spiro atoms. The summed E-state index contributed by atoms with van der Waals surface area (Å²) in [7, 11) is 0. The van der Waals surface area contributed by atoms with Crippen LogP contribution in [-0.4, -0.2) is 21.4 Å². The Morgan fingerprint density at radius 3 is 2.60 bits per heavy atom. The first kappa shape index (κ1) is 14.9. The predicted molar refractivity (Wildman–Crippen MR) is 98.0 cm³/mol. The quantitative estimate of drug-likeness (QED) is 0.390. The lowest BCUT2D eigenvalue weighted by Crippen LogP contribution is -2.35. The Bertz CT molecular complexity index is 1130. The molecule has 0 bridgehead atoms. The number of para-hydroxylation sites is 1. The van der Waals surface area contributed by atoms with Crippen LogP contribution in [0.15, 0.2) is 67.0 Å². The minimum Gasteiger partial charge on any atom is -0.370 e. The van der Waals surface area contributed by atoms with Crippen molar-refractivity contribution in [3.8, 4) is 5.82 Å². The summed E-state index contributed by atoms with van der Waals surface area (Å²) in [6, 6.07) is 17.5. The normalized spacial score (nSPS) is 10.9. The number of aromatic nitrogens is 2. The van der Waals surface area contributed by atoms with E-state index < -0.39 is 5.91 Å². The topological polar surface area (TPSA) is 96.8 Å². The molecular formula is C19H15N5O. The van der Waals surface area contributed by atoms with Crippen LogP contribution in [0.4, 0.5) is 0 Å². The first-order chi connectivity index (χ1) is 12.1. The van der Waals surface area contributed by atoms with E-state index in [1.165, 1.54) is 0 Å². The highest BCUT2D eigenvalue weighted by atomic mass is 16.1. The van der Waals surface area contributed by atoms with Gasteiger partial charge in [0, 0.05) is 23.2 Å². The maximum Gasteiger partial charge on any atom is 0.260 e. The molecule has 0 atom stereocenters. The Morgan fingerprint density at radius 2 is 1.80 bits per heavy atom. The van der Waals surface area contributed by atoms with Crippen LogP contribution in [0.25, 0.3) is 27.5 Å². The number of benzene rings is 2. The molecule has 1 amide bonds. The standard InChI is InChI=1S/C19H15N5O/c20-19(21)23-18(25)15-11-24(16-8-4-3-7-14(15)16)17-9-12-5-1-2-6-13(12)10-22-17/h1-11H,(H4,20,21,23,25). The van der Waals surface area contributed by atoms with Crippen molar-refractivity contribution >= 4 is 33.5 Å². The number of amides is 1. The molecular weight excluding hydrogens is 314 g/mol. The van der Waals surface area contributed by atoms with E-state index in [2.05, 4.69) is 10.3 Å². The number of hydrogen-bond donors (Lipinski definition) is 3. The first-order valence-electron chi connectivity index (χ1n) is 7.74. The van der Waals surface area contributed by atoms with Crippen molar-refractivity contribution in [2.45, 2.75) is 0 Å². The number of nitrogens with one attached hydrogen (secondary N) is 2. The Kier molecular flexibility index (Phi) is 3.43. The minimum absolute atomic E-state index is 0.384. The number of guanidine groups is 1. The van der Waals surface area contributed by atoms with Crippen molar-refractivity contribution in [1.82, 2.24) is 14.9 Å². The Balaban J connectivity index is 1.91. The van der Waals surface area contributed by atoms with Gasteiger partial charge in [-0.1, -0.05) is 42.5 Å². The molecule has 2 aromatic heterocycles. The molecule has 0 radical (unpaired) electrons. The van der Waals surface area contributed by atoms with Crippen LogP contribution in [0.3, 0.4) is 0 Å². The molecule has 0 aliphatic rings. The largest absolute Gasteiger partial charge is 0.370 e. The van der Waals surface area contributed by atoms with E-state index in [0.29, 0.717) is 5.56 Å². The van der Waals surface area contributed by atoms with Crippen LogP contribution in [0, 0.1) is 5.41 Å². The Morgan fingerprint density at radius 1 is 1.08 bits per heavy atom. The molecule has 6 heteroatoms. The Hall–Kier alpha value is -3.67. The second kappa shape index (κ2) is 5.76. The van der Waals surface area contributed by atoms with Gasteiger partial charge >= 0.3 is 0 Å². The number of fused-ring (bicyclic) bond motifs is 2. The molecule has 2 heterocycles. The van der Waals surface area contributed by atoms with Gasteiger partial charge in [0.25, 0.3) is 5.91 Å². The molecule has 4 N–H and O–H groups in total. The molecule has 0 saturated carbocycles. The SMILES string of the molecule is N=C(N)NC(=O)c1cn(-c2cc3ccccc3cn2)c2ccccc12. The second-order valence-corrected chi connectivity index (χ2v) is 5.69. The summed E-state index contributed by atoms with van der Waals surface area (Å²) in [6.07, 6.45) is 3.54. The zero-order valence-electron chi connectivity index (χ0n) is 13.2. The Labute approximate surface area is 143 Å². The van der Waals surface area contributed by atoms with Gasteiger partial charge in [-0.15, -0.1) is 0 Å². The number of carbonyl (C=O) groups is 1. The predicted octanol–water partition coefficient (Wildman–Crippen LogP) is 2.80. The van der Waals surface area contributed by atoms with Crippen molar-refractivity contribution in [2.75, 3.05) is 0 Å². The van der Waals surface area contributed by atoms with Gasteiger partial charge in [-0.3, -0.25) is 15.5 Å². The fourth-order valence-corrected chi connectivity index (χ4v) is 2.94. The summed E-state index contributed by atoms with van der Waals surface area (Å²) in [5, 5.41) is 12.5. The van der Waals surface area contributed by atoms with Gasteiger partial charge in [-0.2, -0.15) is 0 Å². The second-order valence-electron chi connectivity index (χ2n) is 5.69.